The summed E-state index contributed by atoms with van der Waals surface area (Å²) in [6.45, 7) is -0.00722. The van der Waals surface area contributed by atoms with Gasteiger partial charge in [0.15, 0.2) is 0 Å². The Morgan fingerprint density at radius 3 is 2.91 bits per heavy atom. The van der Waals surface area contributed by atoms with E-state index in [2.05, 4.69) is 10.3 Å². The van der Waals surface area contributed by atoms with Crippen LogP contribution in [-0.2, 0) is 6.61 Å². The first-order valence-corrected chi connectivity index (χ1v) is 3.91. The predicted molar refractivity (Wildman–Crippen MR) is 38.8 cm³/mol. The van der Waals surface area contributed by atoms with Crippen LogP contribution in [-0.4, -0.2) is 20.1 Å². The molecule has 0 spiro atoms. The first kappa shape index (κ1) is 6.79. The van der Waals surface area contributed by atoms with Gasteiger partial charge in [-0.3, -0.25) is 0 Å². The zero-order valence-corrected chi connectivity index (χ0v) is 6.27. The van der Waals surface area contributed by atoms with Crippen molar-refractivity contribution in [3.63, 3.8) is 0 Å². The molecule has 0 saturated heterocycles. The quantitative estimate of drug-likeness (QED) is 0.673. The first-order valence-electron chi connectivity index (χ1n) is 3.91. The Morgan fingerprint density at radius 1 is 1.64 bits per heavy atom. The lowest BCUT2D eigenvalue weighted by molar-refractivity contribution is 0.276. The highest BCUT2D eigenvalue weighted by atomic mass is 16.3. The van der Waals surface area contributed by atoms with E-state index in [1.165, 1.54) is 19.3 Å². The highest BCUT2D eigenvalue weighted by Gasteiger charge is 2.20. The molecule has 11 heavy (non-hydrogen) atoms. The monoisotopic (exact) mass is 153 g/mol. The van der Waals surface area contributed by atoms with Crippen LogP contribution in [0.2, 0.25) is 0 Å². The second-order valence-corrected chi connectivity index (χ2v) is 2.93. The van der Waals surface area contributed by atoms with Crippen molar-refractivity contribution in [2.24, 2.45) is 0 Å². The van der Waals surface area contributed by atoms with Gasteiger partial charge in [-0.2, -0.15) is 0 Å². The van der Waals surface area contributed by atoms with Crippen molar-refractivity contribution < 1.29 is 5.11 Å². The maximum absolute atomic E-state index is 8.71. The molecule has 1 aliphatic carbocycles. The van der Waals surface area contributed by atoms with Gasteiger partial charge < -0.3 is 5.11 Å². The van der Waals surface area contributed by atoms with E-state index >= 15 is 0 Å². The molecular formula is C7H11N3O. The lowest BCUT2D eigenvalue weighted by atomic mass is 9.93. The second-order valence-electron chi connectivity index (χ2n) is 2.93. The number of aliphatic hydroxyl groups is 1. The van der Waals surface area contributed by atoms with E-state index in [1.807, 2.05) is 10.9 Å². The molecule has 2 rings (SSSR count). The standard InChI is InChI=1S/C7H11N3O/c11-5-6-4-10(9-8-6)7-2-1-3-7/h4,7,11H,1-3,5H2. The molecule has 0 radical (unpaired) electrons. The van der Waals surface area contributed by atoms with E-state index in [0.717, 1.165) is 0 Å². The van der Waals surface area contributed by atoms with Gasteiger partial charge in [-0.25, -0.2) is 4.68 Å². The zero-order chi connectivity index (χ0) is 7.68. The van der Waals surface area contributed by atoms with Gasteiger partial charge in [-0.15, -0.1) is 5.10 Å². The van der Waals surface area contributed by atoms with Crippen LogP contribution in [0, 0.1) is 0 Å². The Labute approximate surface area is 64.8 Å². The Hall–Kier alpha value is -0.900. The average Bonchev–Trinajstić information content (AvgIpc) is 2.32. The molecule has 4 nitrogen and oxygen atoms in total. The number of hydrogen-bond donors (Lipinski definition) is 1. The molecule has 1 N–H and O–H groups in total. The summed E-state index contributed by atoms with van der Waals surface area (Å²) in [5.41, 5.74) is 0.664. The Bertz CT molecular complexity index is 242. The van der Waals surface area contributed by atoms with Gasteiger partial charge in [-0.1, -0.05) is 5.21 Å². The van der Waals surface area contributed by atoms with Crippen LogP contribution >= 0.6 is 0 Å². The van der Waals surface area contributed by atoms with Gasteiger partial charge in [0.2, 0.25) is 0 Å². The third-order valence-corrected chi connectivity index (χ3v) is 2.17. The minimum absolute atomic E-state index is 0.00722. The number of rotatable bonds is 2. The van der Waals surface area contributed by atoms with E-state index in [4.69, 9.17) is 5.11 Å². The van der Waals surface area contributed by atoms with Crippen LogP contribution in [0.1, 0.15) is 31.0 Å². The van der Waals surface area contributed by atoms with Crippen LogP contribution in [0.3, 0.4) is 0 Å². The van der Waals surface area contributed by atoms with Crippen LogP contribution in [0.15, 0.2) is 6.20 Å². The van der Waals surface area contributed by atoms with Crippen LogP contribution in [0.5, 0.6) is 0 Å². The largest absolute Gasteiger partial charge is 0.390 e. The fraction of sp³-hybridized carbons (Fsp3) is 0.714. The van der Waals surface area contributed by atoms with Crippen molar-refractivity contribution in [2.75, 3.05) is 0 Å². The van der Waals surface area contributed by atoms with E-state index in [1.54, 1.807) is 0 Å². The smallest absolute Gasteiger partial charge is 0.108 e. The molecule has 1 saturated carbocycles. The maximum atomic E-state index is 8.71. The molecule has 1 aliphatic rings. The van der Waals surface area contributed by atoms with Crippen molar-refractivity contribution in [3.05, 3.63) is 11.9 Å². The summed E-state index contributed by atoms with van der Waals surface area (Å²) in [7, 11) is 0. The van der Waals surface area contributed by atoms with E-state index in [9.17, 15) is 0 Å². The third kappa shape index (κ3) is 1.14. The van der Waals surface area contributed by atoms with Crippen molar-refractivity contribution >= 4 is 0 Å². The molecule has 0 atom stereocenters. The zero-order valence-electron chi connectivity index (χ0n) is 6.27. The van der Waals surface area contributed by atoms with Crippen molar-refractivity contribution in [1.82, 2.24) is 15.0 Å². The molecule has 0 unspecified atom stereocenters. The molecule has 4 heteroatoms. The molecule has 1 aromatic heterocycles. The molecule has 1 fully saturated rings. The maximum Gasteiger partial charge on any atom is 0.108 e. The molecule has 0 amide bonds. The Morgan fingerprint density at radius 2 is 2.45 bits per heavy atom. The molecule has 1 aromatic rings. The fourth-order valence-corrected chi connectivity index (χ4v) is 1.22. The summed E-state index contributed by atoms with van der Waals surface area (Å²) in [5.74, 6) is 0. The van der Waals surface area contributed by atoms with E-state index in [0.29, 0.717) is 11.7 Å². The lowest BCUT2D eigenvalue weighted by Crippen LogP contribution is -2.17. The first-order chi connectivity index (χ1) is 5.40. The van der Waals surface area contributed by atoms with Crippen LogP contribution in [0.4, 0.5) is 0 Å². The molecule has 0 aromatic carbocycles. The van der Waals surface area contributed by atoms with Crippen molar-refractivity contribution in [3.8, 4) is 0 Å². The fourth-order valence-electron chi connectivity index (χ4n) is 1.22. The van der Waals surface area contributed by atoms with E-state index < -0.39 is 0 Å². The average molecular weight is 153 g/mol. The lowest BCUT2D eigenvalue weighted by Gasteiger charge is -2.24. The van der Waals surface area contributed by atoms with Gasteiger partial charge >= 0.3 is 0 Å². The topological polar surface area (TPSA) is 50.9 Å². The normalized spacial score (nSPS) is 18.3. The van der Waals surface area contributed by atoms with Gasteiger partial charge in [0.25, 0.3) is 0 Å². The van der Waals surface area contributed by atoms with Gasteiger partial charge in [0.05, 0.1) is 18.8 Å². The molecule has 0 aliphatic heterocycles. The summed E-state index contributed by atoms with van der Waals surface area (Å²) >= 11 is 0. The summed E-state index contributed by atoms with van der Waals surface area (Å²) in [6.07, 6.45) is 5.52. The number of nitrogens with zero attached hydrogens (tertiary/aromatic N) is 3. The minimum Gasteiger partial charge on any atom is -0.390 e. The second kappa shape index (κ2) is 2.62. The molecular weight excluding hydrogens is 142 g/mol. The SMILES string of the molecule is OCc1cn(C2CCC2)nn1. The number of aliphatic hydroxyl groups excluding tert-OH is 1. The third-order valence-electron chi connectivity index (χ3n) is 2.17. The Kier molecular flexibility index (Phi) is 1.62. The van der Waals surface area contributed by atoms with Crippen LogP contribution in [0.25, 0.3) is 0 Å². The van der Waals surface area contributed by atoms with Gasteiger partial charge in [-0.05, 0) is 19.3 Å². The van der Waals surface area contributed by atoms with Crippen LogP contribution < -0.4 is 0 Å². The summed E-state index contributed by atoms with van der Waals surface area (Å²) in [4.78, 5) is 0. The highest BCUT2D eigenvalue weighted by Crippen LogP contribution is 2.30. The summed E-state index contributed by atoms with van der Waals surface area (Å²) < 4.78 is 1.86. The van der Waals surface area contributed by atoms with E-state index in [-0.39, 0.29) is 6.61 Å². The van der Waals surface area contributed by atoms with Crippen molar-refractivity contribution in [2.45, 2.75) is 31.9 Å². The Balaban J connectivity index is 2.11. The number of hydrogen-bond acceptors (Lipinski definition) is 3. The van der Waals surface area contributed by atoms with Gasteiger partial charge in [0, 0.05) is 0 Å². The summed E-state index contributed by atoms with van der Waals surface area (Å²) in [5, 5.41) is 16.4. The molecule has 1 heterocycles. The van der Waals surface area contributed by atoms with Gasteiger partial charge in [0.1, 0.15) is 5.69 Å². The molecule has 0 bridgehead atoms. The molecule has 60 valence electrons. The van der Waals surface area contributed by atoms with Crippen molar-refractivity contribution in [1.29, 1.82) is 0 Å². The minimum atomic E-state index is -0.00722. The highest BCUT2D eigenvalue weighted by molar-refractivity contribution is 4.92. The number of aromatic nitrogens is 3. The summed E-state index contributed by atoms with van der Waals surface area (Å²) in [6, 6.07) is 0.544. The predicted octanol–water partition coefficient (Wildman–Crippen LogP) is 0.495.